The number of hydrogen-bond acceptors (Lipinski definition) is 7. The van der Waals surface area contributed by atoms with Crippen molar-refractivity contribution < 1.29 is 9.32 Å². The first-order valence-electron chi connectivity index (χ1n) is 7.78. The fraction of sp³-hybridized carbons (Fsp3) is 0.375. The molecule has 0 amide bonds. The number of aromatic nitrogens is 6. The van der Waals surface area contributed by atoms with Crippen LogP contribution in [-0.2, 0) is 17.6 Å². The van der Waals surface area contributed by atoms with Crippen molar-refractivity contribution in [1.82, 2.24) is 30.3 Å². The van der Waals surface area contributed by atoms with Crippen LogP contribution in [0.3, 0.4) is 0 Å². The molecule has 3 aromatic heterocycles. The van der Waals surface area contributed by atoms with Gasteiger partial charge in [0.15, 0.2) is 11.6 Å². The number of rotatable bonds is 7. The van der Waals surface area contributed by atoms with Gasteiger partial charge in [0.2, 0.25) is 5.89 Å². The highest BCUT2D eigenvalue weighted by atomic mass is 16.5. The van der Waals surface area contributed by atoms with Crippen LogP contribution in [0.1, 0.15) is 43.7 Å². The maximum absolute atomic E-state index is 12.1. The van der Waals surface area contributed by atoms with Gasteiger partial charge in [0.1, 0.15) is 17.3 Å². The van der Waals surface area contributed by atoms with E-state index >= 15 is 0 Å². The minimum absolute atomic E-state index is 0.0306. The van der Waals surface area contributed by atoms with Gasteiger partial charge < -0.3 is 4.52 Å². The van der Waals surface area contributed by atoms with Crippen LogP contribution in [0.4, 0.5) is 0 Å². The minimum Gasteiger partial charge on any atom is -0.339 e. The number of aromatic amines is 1. The highest BCUT2D eigenvalue weighted by Gasteiger charge is 2.14. The smallest absolute Gasteiger partial charge is 0.227 e. The van der Waals surface area contributed by atoms with E-state index in [1.165, 1.54) is 0 Å². The number of aryl methyl sites for hydroxylation is 1. The van der Waals surface area contributed by atoms with Crippen LogP contribution in [0.25, 0.3) is 11.5 Å². The molecule has 24 heavy (non-hydrogen) atoms. The van der Waals surface area contributed by atoms with E-state index in [2.05, 4.69) is 30.3 Å². The number of carbonyl (C=O) groups excluding carboxylic acids is 1. The van der Waals surface area contributed by atoms with Gasteiger partial charge in [-0.2, -0.15) is 10.1 Å². The number of Topliss-reactive ketones (excluding diaryl/α,β-unsaturated/α-hetero) is 1. The molecule has 1 N–H and O–H groups in total. The van der Waals surface area contributed by atoms with Gasteiger partial charge in [-0.3, -0.25) is 14.9 Å². The summed E-state index contributed by atoms with van der Waals surface area (Å²) in [7, 11) is 0. The van der Waals surface area contributed by atoms with Gasteiger partial charge in [-0.1, -0.05) is 25.1 Å². The molecule has 124 valence electrons. The highest BCUT2D eigenvalue weighted by molar-refractivity contribution is 5.80. The third kappa shape index (κ3) is 3.89. The first-order chi connectivity index (χ1) is 11.6. The van der Waals surface area contributed by atoms with Crippen LogP contribution in [0.5, 0.6) is 0 Å². The molecular weight excluding hydrogens is 308 g/mol. The molecule has 8 nitrogen and oxygen atoms in total. The number of nitrogens with zero attached hydrogens (tertiary/aromatic N) is 5. The number of ketones is 1. The van der Waals surface area contributed by atoms with Crippen LogP contribution in [0.2, 0.25) is 0 Å². The summed E-state index contributed by atoms with van der Waals surface area (Å²) >= 11 is 0. The summed E-state index contributed by atoms with van der Waals surface area (Å²) in [5.74, 6) is 2.39. The summed E-state index contributed by atoms with van der Waals surface area (Å²) < 4.78 is 5.13. The molecule has 0 aliphatic carbocycles. The second-order valence-electron chi connectivity index (χ2n) is 5.74. The molecule has 0 aromatic carbocycles. The van der Waals surface area contributed by atoms with Gasteiger partial charge in [-0.05, 0) is 12.1 Å². The molecule has 3 rings (SSSR count). The van der Waals surface area contributed by atoms with Crippen molar-refractivity contribution in [1.29, 1.82) is 0 Å². The van der Waals surface area contributed by atoms with E-state index in [0.29, 0.717) is 41.9 Å². The number of nitrogens with one attached hydrogen (secondary N) is 1. The second-order valence-corrected chi connectivity index (χ2v) is 5.74. The molecule has 0 bridgehead atoms. The number of carbonyl (C=O) groups is 1. The quantitative estimate of drug-likeness (QED) is 0.708. The molecule has 0 atom stereocenters. The molecule has 0 aliphatic rings. The molecule has 0 saturated heterocycles. The van der Waals surface area contributed by atoms with Crippen molar-refractivity contribution in [3.05, 3.63) is 41.9 Å². The van der Waals surface area contributed by atoms with E-state index in [1.807, 2.05) is 32.0 Å². The minimum atomic E-state index is 0.0306. The van der Waals surface area contributed by atoms with Gasteiger partial charge in [-0.15, -0.1) is 0 Å². The molecule has 0 saturated carbocycles. The lowest BCUT2D eigenvalue weighted by atomic mass is 10.1. The number of H-pyrrole nitrogens is 1. The van der Waals surface area contributed by atoms with E-state index in [1.54, 1.807) is 6.20 Å². The van der Waals surface area contributed by atoms with Crippen molar-refractivity contribution in [2.45, 2.75) is 39.0 Å². The average molecular weight is 326 g/mol. The van der Waals surface area contributed by atoms with Crippen LogP contribution >= 0.6 is 0 Å². The van der Waals surface area contributed by atoms with E-state index in [9.17, 15) is 4.79 Å². The Hall–Kier alpha value is -2.90. The summed E-state index contributed by atoms with van der Waals surface area (Å²) in [5.41, 5.74) is 0.666. The maximum Gasteiger partial charge on any atom is 0.227 e. The molecule has 3 aromatic rings. The van der Waals surface area contributed by atoms with E-state index < -0.39 is 0 Å². The van der Waals surface area contributed by atoms with Crippen molar-refractivity contribution in [3.8, 4) is 11.5 Å². The lowest BCUT2D eigenvalue weighted by Gasteiger charge is -1.96. The Labute approximate surface area is 138 Å². The molecule has 0 unspecified atom stereocenters. The Balaban J connectivity index is 1.54. The predicted molar refractivity (Wildman–Crippen MR) is 85.0 cm³/mol. The molecule has 0 spiro atoms. The normalized spacial score (nSPS) is 11.1. The molecule has 8 heteroatoms. The fourth-order valence-electron chi connectivity index (χ4n) is 2.11. The third-order valence-corrected chi connectivity index (χ3v) is 3.41. The molecule has 0 radical (unpaired) electrons. The van der Waals surface area contributed by atoms with Gasteiger partial charge in [-0.25, -0.2) is 4.98 Å². The summed E-state index contributed by atoms with van der Waals surface area (Å²) in [6, 6.07) is 5.50. The first-order valence-corrected chi connectivity index (χ1v) is 7.78. The molecule has 0 aliphatic heterocycles. The van der Waals surface area contributed by atoms with Crippen molar-refractivity contribution in [2.75, 3.05) is 0 Å². The van der Waals surface area contributed by atoms with E-state index in [4.69, 9.17) is 4.52 Å². The zero-order valence-corrected chi connectivity index (χ0v) is 13.6. The zero-order chi connectivity index (χ0) is 16.9. The highest BCUT2D eigenvalue weighted by Crippen LogP contribution is 2.12. The Kier molecular flexibility index (Phi) is 4.74. The standard InChI is InChI=1S/C16H18N6O2/c1-10(2)15-19-14(24-22-15)7-6-11(23)9-13-18-16(21-20-13)12-5-3-4-8-17-12/h3-5,8,10H,6-7,9H2,1-2H3,(H,18,20,21). The first kappa shape index (κ1) is 16.0. The van der Waals surface area contributed by atoms with E-state index in [-0.39, 0.29) is 18.1 Å². The lowest BCUT2D eigenvalue weighted by molar-refractivity contribution is -0.118. The second kappa shape index (κ2) is 7.12. The van der Waals surface area contributed by atoms with Crippen molar-refractivity contribution in [3.63, 3.8) is 0 Å². The molecule has 0 fully saturated rings. The van der Waals surface area contributed by atoms with Gasteiger partial charge in [0.05, 0.1) is 6.42 Å². The van der Waals surface area contributed by atoms with Crippen LogP contribution < -0.4 is 0 Å². The summed E-state index contributed by atoms with van der Waals surface area (Å²) in [6.45, 7) is 3.98. The van der Waals surface area contributed by atoms with Gasteiger partial charge in [0, 0.05) is 25.0 Å². The number of pyridine rings is 1. The molecular formula is C16H18N6O2. The predicted octanol–water partition coefficient (Wildman–Crippen LogP) is 2.12. The Morgan fingerprint density at radius 3 is 2.88 bits per heavy atom. The van der Waals surface area contributed by atoms with Gasteiger partial charge >= 0.3 is 0 Å². The Morgan fingerprint density at radius 2 is 2.17 bits per heavy atom. The largest absolute Gasteiger partial charge is 0.339 e. The Bertz CT molecular complexity index is 809. The van der Waals surface area contributed by atoms with Crippen LogP contribution in [0, 0.1) is 0 Å². The Morgan fingerprint density at radius 1 is 1.29 bits per heavy atom. The summed E-state index contributed by atoms with van der Waals surface area (Å²) in [6.07, 6.45) is 2.61. The number of hydrogen-bond donors (Lipinski definition) is 1. The van der Waals surface area contributed by atoms with Crippen molar-refractivity contribution >= 4 is 5.78 Å². The van der Waals surface area contributed by atoms with Crippen LogP contribution in [0.15, 0.2) is 28.9 Å². The van der Waals surface area contributed by atoms with E-state index in [0.717, 1.165) is 0 Å². The molecule has 3 heterocycles. The SMILES string of the molecule is CC(C)c1noc(CCC(=O)Cc2nc(-c3ccccn3)n[nH]2)n1. The van der Waals surface area contributed by atoms with Crippen molar-refractivity contribution in [2.24, 2.45) is 0 Å². The summed E-state index contributed by atoms with van der Waals surface area (Å²) in [5, 5.41) is 10.7. The monoisotopic (exact) mass is 326 g/mol. The third-order valence-electron chi connectivity index (χ3n) is 3.41. The van der Waals surface area contributed by atoms with Crippen LogP contribution in [-0.4, -0.2) is 36.1 Å². The topological polar surface area (TPSA) is 110 Å². The maximum atomic E-state index is 12.1. The lowest BCUT2D eigenvalue weighted by Crippen LogP contribution is -2.06. The zero-order valence-electron chi connectivity index (χ0n) is 13.6. The van der Waals surface area contributed by atoms with Gasteiger partial charge in [0.25, 0.3) is 0 Å². The average Bonchev–Trinajstić information content (AvgIpc) is 3.23. The fourth-order valence-corrected chi connectivity index (χ4v) is 2.11. The summed E-state index contributed by atoms with van der Waals surface area (Å²) in [4.78, 5) is 24.8.